The Labute approximate surface area is 193 Å². The van der Waals surface area contributed by atoms with Gasteiger partial charge in [-0.2, -0.15) is 0 Å². The van der Waals surface area contributed by atoms with Crippen LogP contribution >= 0.6 is 23.2 Å². The van der Waals surface area contributed by atoms with Gasteiger partial charge in [-0.05, 0) is 34.9 Å². The molecule has 0 heterocycles. The van der Waals surface area contributed by atoms with Crippen LogP contribution in [0.5, 0.6) is 0 Å². The Kier molecular flexibility index (Phi) is 4.84. The molecular formula is C25H16Cl2O5. The van der Waals surface area contributed by atoms with Gasteiger partial charge in [0.25, 0.3) is 0 Å². The summed E-state index contributed by atoms with van der Waals surface area (Å²) in [5.41, 5.74) is 3.27. The third-order valence-electron chi connectivity index (χ3n) is 6.58. The fraction of sp³-hybridized carbons (Fsp3) is 0.160. The van der Waals surface area contributed by atoms with Crippen molar-refractivity contribution in [3.63, 3.8) is 0 Å². The number of benzene rings is 3. The van der Waals surface area contributed by atoms with E-state index in [1.54, 1.807) is 60.7 Å². The van der Waals surface area contributed by atoms with Gasteiger partial charge in [0.15, 0.2) is 5.78 Å². The van der Waals surface area contributed by atoms with Gasteiger partial charge in [-0.25, -0.2) is 0 Å². The maximum Gasteiger partial charge on any atom is 0.308 e. The second-order valence-electron chi connectivity index (χ2n) is 8.12. The van der Waals surface area contributed by atoms with Gasteiger partial charge < -0.3 is 10.2 Å². The highest BCUT2D eigenvalue weighted by atomic mass is 35.5. The summed E-state index contributed by atoms with van der Waals surface area (Å²) in [6.07, 6.45) is 0. The largest absolute Gasteiger partial charge is 0.481 e. The Morgan fingerprint density at radius 3 is 1.97 bits per heavy atom. The molecule has 3 aromatic carbocycles. The van der Waals surface area contributed by atoms with E-state index in [-0.39, 0.29) is 5.78 Å². The molecule has 1 fully saturated rings. The van der Waals surface area contributed by atoms with E-state index in [2.05, 4.69) is 0 Å². The van der Waals surface area contributed by atoms with Gasteiger partial charge in [0.2, 0.25) is 0 Å². The molecule has 160 valence electrons. The normalized spacial score (nSPS) is 23.2. The summed E-state index contributed by atoms with van der Waals surface area (Å²) in [4.78, 5) is 37.6. The zero-order chi connectivity index (χ0) is 22.7. The molecule has 0 amide bonds. The van der Waals surface area contributed by atoms with Gasteiger partial charge in [-0.3, -0.25) is 14.4 Å². The third-order valence-corrected chi connectivity index (χ3v) is 7.13. The molecule has 3 aromatic rings. The Morgan fingerprint density at radius 1 is 0.719 bits per heavy atom. The Balaban J connectivity index is 1.74. The Bertz CT molecular complexity index is 1320. The van der Waals surface area contributed by atoms with Crippen molar-refractivity contribution in [2.45, 2.75) is 11.8 Å². The summed E-state index contributed by atoms with van der Waals surface area (Å²) in [7, 11) is 0. The number of aliphatic carboxylic acids is 2. The lowest BCUT2D eigenvalue weighted by Gasteiger charge is -2.48. The monoisotopic (exact) mass is 466 g/mol. The van der Waals surface area contributed by atoms with E-state index in [1.165, 1.54) is 0 Å². The lowest BCUT2D eigenvalue weighted by molar-refractivity contribution is -0.164. The molecule has 0 radical (unpaired) electrons. The average molecular weight is 467 g/mol. The molecule has 0 bridgehead atoms. The van der Waals surface area contributed by atoms with Crippen LogP contribution in [0.25, 0.3) is 11.1 Å². The first-order valence-corrected chi connectivity index (χ1v) is 10.7. The quantitative estimate of drug-likeness (QED) is 0.532. The van der Waals surface area contributed by atoms with Crippen LogP contribution in [0.4, 0.5) is 0 Å². The van der Waals surface area contributed by atoms with Crippen molar-refractivity contribution in [1.29, 1.82) is 0 Å². The van der Waals surface area contributed by atoms with Gasteiger partial charge in [-0.15, -0.1) is 0 Å². The van der Waals surface area contributed by atoms with Crippen LogP contribution in [-0.4, -0.2) is 27.9 Å². The number of carbonyl (C=O) groups is 3. The van der Waals surface area contributed by atoms with Gasteiger partial charge >= 0.3 is 11.9 Å². The standard InChI is InChI=1S/C25H16Cl2O5/c26-12-6-8-13(18(27)10-12)11-5-7-15-17(9-11)23(28)16-4-2-1-3-14(16)19-20(15)22(25(31)32)21(19)24(29)30/h1-10,19-22H,(H,29,30)(H,31,32)/t19-,20+,21-,22+/m0/s1. The molecule has 0 saturated heterocycles. The molecule has 2 N–H and O–H groups in total. The van der Waals surface area contributed by atoms with Crippen LogP contribution in [0.3, 0.4) is 0 Å². The molecule has 1 saturated carbocycles. The maximum atomic E-state index is 13.6. The van der Waals surface area contributed by atoms with Crippen molar-refractivity contribution in [1.82, 2.24) is 0 Å². The second kappa shape index (κ2) is 7.47. The number of carbonyl (C=O) groups excluding carboxylic acids is 1. The number of carboxylic acid groups (broad SMARTS) is 2. The molecule has 0 unspecified atom stereocenters. The molecule has 32 heavy (non-hydrogen) atoms. The molecular weight excluding hydrogens is 451 g/mol. The van der Waals surface area contributed by atoms with Crippen LogP contribution in [0.1, 0.15) is 38.9 Å². The number of halogens is 2. The van der Waals surface area contributed by atoms with Crippen LogP contribution in [-0.2, 0) is 9.59 Å². The minimum absolute atomic E-state index is 0.259. The number of carboxylic acids is 2. The summed E-state index contributed by atoms with van der Waals surface area (Å²) in [6, 6.07) is 17.1. The minimum Gasteiger partial charge on any atom is -0.481 e. The molecule has 0 aliphatic heterocycles. The van der Waals surface area contributed by atoms with E-state index >= 15 is 0 Å². The van der Waals surface area contributed by atoms with Crippen LogP contribution in [0.2, 0.25) is 10.0 Å². The van der Waals surface area contributed by atoms with Crippen LogP contribution in [0.15, 0.2) is 60.7 Å². The van der Waals surface area contributed by atoms with Crippen molar-refractivity contribution < 1.29 is 24.6 Å². The summed E-state index contributed by atoms with van der Waals surface area (Å²) < 4.78 is 0. The first-order chi connectivity index (χ1) is 15.3. The fourth-order valence-electron chi connectivity index (χ4n) is 5.21. The molecule has 2 aliphatic rings. The van der Waals surface area contributed by atoms with Crippen molar-refractivity contribution in [2.24, 2.45) is 11.8 Å². The van der Waals surface area contributed by atoms with E-state index in [0.29, 0.717) is 43.4 Å². The number of rotatable bonds is 3. The number of fused-ring (bicyclic) bond motifs is 5. The van der Waals surface area contributed by atoms with Gasteiger partial charge in [0, 0.05) is 38.6 Å². The van der Waals surface area contributed by atoms with E-state index < -0.39 is 35.6 Å². The van der Waals surface area contributed by atoms with Crippen molar-refractivity contribution in [3.05, 3.63) is 93.0 Å². The molecule has 0 aromatic heterocycles. The minimum atomic E-state index is -1.18. The predicted molar refractivity (Wildman–Crippen MR) is 120 cm³/mol. The van der Waals surface area contributed by atoms with Gasteiger partial charge in [-0.1, -0.05) is 65.7 Å². The summed E-state index contributed by atoms with van der Waals surface area (Å²) in [5.74, 6) is -6.06. The predicted octanol–water partition coefficient (Wildman–Crippen LogP) is 5.49. The number of hydrogen-bond acceptors (Lipinski definition) is 3. The summed E-state index contributed by atoms with van der Waals surface area (Å²) in [5, 5.41) is 20.5. The molecule has 0 spiro atoms. The first-order valence-electron chi connectivity index (χ1n) is 9.98. The van der Waals surface area contributed by atoms with Gasteiger partial charge in [0.05, 0.1) is 11.8 Å². The highest BCUT2D eigenvalue weighted by Crippen LogP contribution is 2.60. The van der Waals surface area contributed by atoms with Crippen LogP contribution in [0, 0.1) is 11.8 Å². The van der Waals surface area contributed by atoms with E-state index in [0.717, 1.165) is 0 Å². The first kappa shape index (κ1) is 20.7. The zero-order valence-corrected chi connectivity index (χ0v) is 18.0. The number of hydrogen-bond donors (Lipinski definition) is 2. The highest BCUT2D eigenvalue weighted by molar-refractivity contribution is 6.36. The van der Waals surface area contributed by atoms with Crippen molar-refractivity contribution in [3.8, 4) is 11.1 Å². The van der Waals surface area contributed by atoms with E-state index in [1.807, 2.05) is 0 Å². The molecule has 5 rings (SSSR count). The second-order valence-corrected chi connectivity index (χ2v) is 8.97. The molecule has 7 heteroatoms. The maximum absolute atomic E-state index is 13.6. The molecule has 5 nitrogen and oxygen atoms in total. The fourth-order valence-corrected chi connectivity index (χ4v) is 5.73. The SMILES string of the molecule is O=C1c2ccccc2[C@@H]2[C@H](C(=O)O)[C@H](C(=O)O)[C@@H]2c2ccc(-c3ccc(Cl)cc3Cl)cc21. The Hall–Kier alpha value is -3.15. The van der Waals surface area contributed by atoms with Crippen molar-refractivity contribution >= 4 is 40.9 Å². The average Bonchev–Trinajstić information content (AvgIpc) is 2.80. The summed E-state index contributed by atoms with van der Waals surface area (Å²) in [6.45, 7) is 0. The van der Waals surface area contributed by atoms with E-state index in [9.17, 15) is 24.6 Å². The topological polar surface area (TPSA) is 91.7 Å². The molecule has 2 aliphatic carbocycles. The lowest BCUT2D eigenvalue weighted by Crippen LogP contribution is -2.51. The highest BCUT2D eigenvalue weighted by Gasteiger charge is 2.60. The number of ketones is 1. The van der Waals surface area contributed by atoms with E-state index in [4.69, 9.17) is 23.2 Å². The lowest BCUT2D eigenvalue weighted by atomic mass is 9.52. The Morgan fingerprint density at radius 2 is 1.34 bits per heavy atom. The smallest absolute Gasteiger partial charge is 0.308 e. The zero-order valence-electron chi connectivity index (χ0n) is 16.5. The summed E-state index contributed by atoms with van der Waals surface area (Å²) >= 11 is 12.4. The third kappa shape index (κ3) is 2.96. The van der Waals surface area contributed by atoms with Crippen LogP contribution < -0.4 is 0 Å². The molecule has 4 atom stereocenters. The van der Waals surface area contributed by atoms with Gasteiger partial charge in [0.1, 0.15) is 0 Å². The van der Waals surface area contributed by atoms with Crippen molar-refractivity contribution in [2.75, 3.05) is 0 Å².